The lowest BCUT2D eigenvalue weighted by molar-refractivity contribution is -0.140. The number of furan rings is 1. The van der Waals surface area contributed by atoms with Crippen LogP contribution in [0, 0.1) is 0 Å². The Labute approximate surface area is 109 Å². The molecule has 2 amide bonds. The maximum absolute atomic E-state index is 11.5. The summed E-state index contributed by atoms with van der Waals surface area (Å²) in [5.74, 6) is -0.795. The SMILES string of the molecule is O=C1CC(O)C(=O)N1CCc1ccc2occc2c1. The van der Waals surface area contributed by atoms with Gasteiger partial charge in [0.15, 0.2) is 0 Å². The first-order valence-corrected chi connectivity index (χ1v) is 6.13. The lowest BCUT2D eigenvalue weighted by Gasteiger charge is -2.13. The highest BCUT2D eigenvalue weighted by atomic mass is 16.3. The number of fused-ring (bicyclic) bond motifs is 1. The summed E-state index contributed by atoms with van der Waals surface area (Å²) >= 11 is 0. The van der Waals surface area contributed by atoms with Gasteiger partial charge in [-0.3, -0.25) is 14.5 Å². The fourth-order valence-corrected chi connectivity index (χ4v) is 2.31. The number of aliphatic hydroxyl groups excluding tert-OH is 1. The highest BCUT2D eigenvalue weighted by Gasteiger charge is 2.36. The minimum atomic E-state index is -1.16. The summed E-state index contributed by atoms with van der Waals surface area (Å²) in [4.78, 5) is 24.2. The average Bonchev–Trinajstić information content (AvgIpc) is 2.94. The molecule has 1 aromatic heterocycles. The molecular formula is C14H13NO4. The number of likely N-dealkylation sites (tertiary alicyclic amines) is 1. The number of hydrogen-bond donors (Lipinski definition) is 1. The zero-order chi connectivity index (χ0) is 13.4. The fraction of sp³-hybridized carbons (Fsp3) is 0.286. The molecule has 1 aliphatic rings. The average molecular weight is 259 g/mol. The van der Waals surface area contributed by atoms with Gasteiger partial charge in [-0.15, -0.1) is 0 Å². The number of hydrogen-bond acceptors (Lipinski definition) is 4. The van der Waals surface area contributed by atoms with Crippen LogP contribution < -0.4 is 0 Å². The monoisotopic (exact) mass is 259 g/mol. The second kappa shape index (κ2) is 4.51. The molecular weight excluding hydrogens is 246 g/mol. The second-order valence-corrected chi connectivity index (χ2v) is 4.65. The summed E-state index contributed by atoms with van der Waals surface area (Å²) in [5.41, 5.74) is 1.84. The minimum absolute atomic E-state index is 0.0976. The molecule has 1 aromatic carbocycles. The van der Waals surface area contributed by atoms with Gasteiger partial charge in [0.1, 0.15) is 11.7 Å². The number of carbonyl (C=O) groups is 2. The summed E-state index contributed by atoms with van der Waals surface area (Å²) in [7, 11) is 0. The molecule has 0 radical (unpaired) electrons. The van der Waals surface area contributed by atoms with Gasteiger partial charge < -0.3 is 9.52 Å². The molecule has 5 heteroatoms. The minimum Gasteiger partial charge on any atom is -0.464 e. The summed E-state index contributed by atoms with van der Waals surface area (Å²) < 4.78 is 5.25. The van der Waals surface area contributed by atoms with Crippen LogP contribution in [0.3, 0.4) is 0 Å². The van der Waals surface area contributed by atoms with E-state index in [9.17, 15) is 14.7 Å². The van der Waals surface area contributed by atoms with Crippen LogP contribution in [-0.4, -0.2) is 34.5 Å². The number of rotatable bonds is 3. The van der Waals surface area contributed by atoms with Crippen molar-refractivity contribution in [1.82, 2.24) is 4.90 Å². The van der Waals surface area contributed by atoms with Crippen LogP contribution in [0.5, 0.6) is 0 Å². The standard InChI is InChI=1S/C14H13NO4/c16-11-8-13(17)15(14(11)18)5-3-9-1-2-12-10(7-9)4-6-19-12/h1-2,4,6-7,11,16H,3,5,8H2. The van der Waals surface area contributed by atoms with Gasteiger partial charge in [-0.1, -0.05) is 6.07 Å². The van der Waals surface area contributed by atoms with Gasteiger partial charge in [0.25, 0.3) is 5.91 Å². The highest BCUT2D eigenvalue weighted by molar-refractivity contribution is 6.04. The third-order valence-corrected chi connectivity index (χ3v) is 3.36. The predicted molar refractivity (Wildman–Crippen MR) is 67.3 cm³/mol. The Morgan fingerprint density at radius 2 is 2.16 bits per heavy atom. The normalized spacial score (nSPS) is 19.6. The van der Waals surface area contributed by atoms with E-state index < -0.39 is 12.0 Å². The van der Waals surface area contributed by atoms with E-state index in [1.54, 1.807) is 6.26 Å². The van der Waals surface area contributed by atoms with Crippen molar-refractivity contribution in [2.24, 2.45) is 0 Å². The van der Waals surface area contributed by atoms with Crippen LogP contribution in [0.2, 0.25) is 0 Å². The Hall–Kier alpha value is -2.14. The summed E-state index contributed by atoms with van der Waals surface area (Å²) in [5, 5.41) is 10.3. The molecule has 1 fully saturated rings. The third-order valence-electron chi connectivity index (χ3n) is 3.36. The largest absolute Gasteiger partial charge is 0.464 e. The molecule has 0 bridgehead atoms. The van der Waals surface area contributed by atoms with Crippen molar-refractivity contribution < 1.29 is 19.1 Å². The Morgan fingerprint density at radius 3 is 2.89 bits per heavy atom. The number of benzene rings is 1. The molecule has 5 nitrogen and oxygen atoms in total. The van der Waals surface area contributed by atoms with Crippen LogP contribution in [-0.2, 0) is 16.0 Å². The molecule has 0 aliphatic carbocycles. The molecule has 2 aromatic rings. The quantitative estimate of drug-likeness (QED) is 0.838. The van der Waals surface area contributed by atoms with Crippen LogP contribution in [0.4, 0.5) is 0 Å². The maximum atomic E-state index is 11.5. The molecule has 1 saturated heterocycles. The van der Waals surface area contributed by atoms with Crippen molar-refractivity contribution in [3.63, 3.8) is 0 Å². The molecule has 1 atom stereocenters. The van der Waals surface area contributed by atoms with Gasteiger partial charge in [-0.2, -0.15) is 0 Å². The van der Waals surface area contributed by atoms with E-state index in [0.29, 0.717) is 13.0 Å². The highest BCUT2D eigenvalue weighted by Crippen LogP contribution is 2.18. The van der Waals surface area contributed by atoms with Gasteiger partial charge >= 0.3 is 0 Å². The van der Waals surface area contributed by atoms with E-state index in [1.165, 1.54) is 0 Å². The van der Waals surface area contributed by atoms with Crippen LogP contribution in [0.15, 0.2) is 34.9 Å². The smallest absolute Gasteiger partial charge is 0.258 e. The first kappa shape index (κ1) is 11.9. The number of carbonyl (C=O) groups excluding carboxylic acids is 2. The van der Waals surface area contributed by atoms with E-state index in [2.05, 4.69) is 0 Å². The Balaban J connectivity index is 1.72. The number of amides is 2. The van der Waals surface area contributed by atoms with Gasteiger partial charge in [0.05, 0.1) is 12.7 Å². The molecule has 1 unspecified atom stereocenters. The third kappa shape index (κ3) is 2.13. The van der Waals surface area contributed by atoms with E-state index in [4.69, 9.17) is 4.42 Å². The van der Waals surface area contributed by atoms with Crippen LogP contribution in [0.25, 0.3) is 11.0 Å². The van der Waals surface area contributed by atoms with Crippen molar-refractivity contribution in [3.8, 4) is 0 Å². The first-order chi connectivity index (χ1) is 9.15. The molecule has 2 heterocycles. The maximum Gasteiger partial charge on any atom is 0.258 e. The number of imide groups is 1. The van der Waals surface area contributed by atoms with E-state index in [0.717, 1.165) is 21.4 Å². The van der Waals surface area contributed by atoms with Crippen LogP contribution >= 0.6 is 0 Å². The number of nitrogens with zero attached hydrogens (tertiary/aromatic N) is 1. The molecule has 3 rings (SSSR count). The van der Waals surface area contributed by atoms with E-state index in [-0.39, 0.29) is 12.3 Å². The molecule has 19 heavy (non-hydrogen) atoms. The van der Waals surface area contributed by atoms with Gasteiger partial charge in [0, 0.05) is 11.9 Å². The van der Waals surface area contributed by atoms with E-state index >= 15 is 0 Å². The van der Waals surface area contributed by atoms with Crippen molar-refractivity contribution in [2.75, 3.05) is 6.54 Å². The van der Waals surface area contributed by atoms with E-state index in [1.807, 2.05) is 24.3 Å². The fourth-order valence-electron chi connectivity index (χ4n) is 2.31. The summed E-state index contributed by atoms with van der Waals surface area (Å²) in [6, 6.07) is 7.62. The summed E-state index contributed by atoms with van der Waals surface area (Å²) in [6.07, 6.45) is 0.937. The summed E-state index contributed by atoms with van der Waals surface area (Å²) in [6.45, 7) is 0.304. The Bertz CT molecular complexity index is 646. The lowest BCUT2D eigenvalue weighted by atomic mass is 10.1. The zero-order valence-corrected chi connectivity index (χ0v) is 10.2. The van der Waals surface area contributed by atoms with Crippen molar-refractivity contribution in [2.45, 2.75) is 18.9 Å². The van der Waals surface area contributed by atoms with Crippen molar-refractivity contribution >= 4 is 22.8 Å². The Kier molecular flexibility index (Phi) is 2.83. The molecule has 0 saturated carbocycles. The van der Waals surface area contributed by atoms with Crippen molar-refractivity contribution in [3.05, 3.63) is 36.1 Å². The van der Waals surface area contributed by atoms with Crippen LogP contribution in [0.1, 0.15) is 12.0 Å². The van der Waals surface area contributed by atoms with Gasteiger partial charge in [-0.25, -0.2) is 0 Å². The zero-order valence-electron chi connectivity index (χ0n) is 10.2. The topological polar surface area (TPSA) is 70.8 Å². The molecule has 0 spiro atoms. The lowest BCUT2D eigenvalue weighted by Crippen LogP contribution is -2.33. The first-order valence-electron chi connectivity index (χ1n) is 6.13. The Morgan fingerprint density at radius 1 is 1.32 bits per heavy atom. The van der Waals surface area contributed by atoms with Gasteiger partial charge in [0.2, 0.25) is 5.91 Å². The predicted octanol–water partition coefficient (Wildman–Crippen LogP) is 1.10. The van der Waals surface area contributed by atoms with Gasteiger partial charge in [-0.05, 0) is 30.2 Å². The molecule has 1 aliphatic heterocycles. The molecule has 1 N–H and O–H groups in total. The number of aliphatic hydroxyl groups is 1. The molecule has 98 valence electrons. The van der Waals surface area contributed by atoms with Crippen molar-refractivity contribution in [1.29, 1.82) is 0 Å². The second-order valence-electron chi connectivity index (χ2n) is 4.65.